The molecule has 88 valence electrons. The molecule has 0 spiro atoms. The SMILES string of the molecule is C=CCN(CCC)CCC1CCCNC1. The van der Waals surface area contributed by atoms with Crippen LogP contribution in [0.25, 0.3) is 0 Å². The Balaban J connectivity index is 2.16. The lowest BCUT2D eigenvalue weighted by atomic mass is 9.96. The molecule has 1 atom stereocenters. The third-order valence-corrected chi connectivity index (χ3v) is 3.18. The Bertz CT molecular complexity index is 162. The highest BCUT2D eigenvalue weighted by atomic mass is 15.1. The van der Waals surface area contributed by atoms with Gasteiger partial charge in [-0.1, -0.05) is 13.0 Å². The van der Waals surface area contributed by atoms with Crippen molar-refractivity contribution < 1.29 is 0 Å². The fourth-order valence-corrected chi connectivity index (χ4v) is 2.33. The van der Waals surface area contributed by atoms with Gasteiger partial charge in [0.2, 0.25) is 0 Å². The molecule has 0 aromatic rings. The lowest BCUT2D eigenvalue weighted by Crippen LogP contribution is -2.33. The first-order valence-electron chi connectivity index (χ1n) is 6.40. The van der Waals surface area contributed by atoms with Crippen LogP contribution in [-0.4, -0.2) is 37.6 Å². The summed E-state index contributed by atoms with van der Waals surface area (Å²) in [5.74, 6) is 0.905. The van der Waals surface area contributed by atoms with Gasteiger partial charge in [-0.15, -0.1) is 6.58 Å². The van der Waals surface area contributed by atoms with Crippen LogP contribution in [0.3, 0.4) is 0 Å². The van der Waals surface area contributed by atoms with Gasteiger partial charge in [0.05, 0.1) is 0 Å². The van der Waals surface area contributed by atoms with Gasteiger partial charge in [0, 0.05) is 6.54 Å². The van der Waals surface area contributed by atoms with Gasteiger partial charge in [0.25, 0.3) is 0 Å². The molecular formula is C13H26N2. The molecule has 0 amide bonds. The molecule has 15 heavy (non-hydrogen) atoms. The number of hydrogen-bond donors (Lipinski definition) is 1. The molecule has 0 aliphatic carbocycles. The van der Waals surface area contributed by atoms with Crippen molar-refractivity contribution in [3.05, 3.63) is 12.7 Å². The number of hydrogen-bond acceptors (Lipinski definition) is 2. The highest BCUT2D eigenvalue weighted by Crippen LogP contribution is 2.14. The maximum absolute atomic E-state index is 3.82. The molecule has 2 nitrogen and oxygen atoms in total. The zero-order valence-corrected chi connectivity index (χ0v) is 10.2. The molecular weight excluding hydrogens is 184 g/mol. The van der Waals surface area contributed by atoms with Crippen LogP contribution in [-0.2, 0) is 0 Å². The van der Waals surface area contributed by atoms with E-state index in [0.29, 0.717) is 0 Å². The van der Waals surface area contributed by atoms with Crippen LogP contribution in [0.4, 0.5) is 0 Å². The van der Waals surface area contributed by atoms with Crippen molar-refractivity contribution in [3.63, 3.8) is 0 Å². The first kappa shape index (κ1) is 12.7. The fraction of sp³-hybridized carbons (Fsp3) is 0.846. The van der Waals surface area contributed by atoms with Gasteiger partial charge < -0.3 is 5.32 Å². The van der Waals surface area contributed by atoms with E-state index in [1.165, 1.54) is 51.9 Å². The number of piperidine rings is 1. The van der Waals surface area contributed by atoms with Gasteiger partial charge >= 0.3 is 0 Å². The Morgan fingerprint density at radius 3 is 2.93 bits per heavy atom. The van der Waals surface area contributed by atoms with E-state index in [-0.39, 0.29) is 0 Å². The summed E-state index contributed by atoms with van der Waals surface area (Å²) in [6.45, 7) is 12.0. The maximum Gasteiger partial charge on any atom is 0.0160 e. The van der Waals surface area contributed by atoms with Gasteiger partial charge in [-0.2, -0.15) is 0 Å². The van der Waals surface area contributed by atoms with Crippen molar-refractivity contribution in [2.24, 2.45) is 5.92 Å². The zero-order chi connectivity index (χ0) is 10.9. The monoisotopic (exact) mass is 210 g/mol. The van der Waals surface area contributed by atoms with Gasteiger partial charge in [-0.05, 0) is 57.8 Å². The minimum Gasteiger partial charge on any atom is -0.316 e. The van der Waals surface area contributed by atoms with Crippen molar-refractivity contribution >= 4 is 0 Å². The molecule has 0 aromatic heterocycles. The smallest absolute Gasteiger partial charge is 0.0160 e. The second kappa shape index (κ2) is 7.89. The summed E-state index contributed by atoms with van der Waals surface area (Å²) < 4.78 is 0. The summed E-state index contributed by atoms with van der Waals surface area (Å²) in [6, 6.07) is 0. The first-order chi connectivity index (χ1) is 7.36. The molecule has 0 radical (unpaired) electrons. The average molecular weight is 210 g/mol. The summed E-state index contributed by atoms with van der Waals surface area (Å²) in [4.78, 5) is 2.52. The predicted octanol–water partition coefficient (Wildman–Crippen LogP) is 2.27. The second-order valence-electron chi connectivity index (χ2n) is 4.59. The van der Waals surface area contributed by atoms with Crippen LogP contribution in [0.1, 0.15) is 32.6 Å². The Labute approximate surface area is 94.7 Å². The van der Waals surface area contributed by atoms with Crippen molar-refractivity contribution in [2.75, 3.05) is 32.7 Å². The molecule has 1 fully saturated rings. The van der Waals surface area contributed by atoms with E-state index in [1.54, 1.807) is 0 Å². The maximum atomic E-state index is 3.82. The largest absolute Gasteiger partial charge is 0.316 e. The quantitative estimate of drug-likeness (QED) is 0.649. The van der Waals surface area contributed by atoms with E-state index in [2.05, 4.69) is 23.7 Å². The molecule has 0 saturated carbocycles. The molecule has 1 N–H and O–H groups in total. The van der Waals surface area contributed by atoms with Crippen molar-refractivity contribution in [1.29, 1.82) is 0 Å². The summed E-state index contributed by atoms with van der Waals surface area (Å²) in [5, 5.41) is 3.48. The van der Waals surface area contributed by atoms with E-state index in [4.69, 9.17) is 0 Å². The molecule has 0 aromatic carbocycles. The van der Waals surface area contributed by atoms with Crippen LogP contribution in [0, 0.1) is 5.92 Å². The first-order valence-corrected chi connectivity index (χ1v) is 6.40. The Kier molecular flexibility index (Phi) is 6.69. The summed E-state index contributed by atoms with van der Waals surface area (Å²) >= 11 is 0. The number of nitrogens with one attached hydrogen (secondary N) is 1. The Hall–Kier alpha value is -0.340. The average Bonchev–Trinajstić information content (AvgIpc) is 2.28. The van der Waals surface area contributed by atoms with E-state index < -0.39 is 0 Å². The summed E-state index contributed by atoms with van der Waals surface area (Å²) in [7, 11) is 0. The predicted molar refractivity (Wildman–Crippen MR) is 67.1 cm³/mol. The normalized spacial score (nSPS) is 21.9. The van der Waals surface area contributed by atoms with E-state index in [0.717, 1.165) is 12.5 Å². The van der Waals surface area contributed by atoms with E-state index >= 15 is 0 Å². The third-order valence-electron chi connectivity index (χ3n) is 3.18. The van der Waals surface area contributed by atoms with E-state index in [1.807, 2.05) is 6.08 Å². The zero-order valence-electron chi connectivity index (χ0n) is 10.2. The van der Waals surface area contributed by atoms with Crippen LogP contribution in [0.5, 0.6) is 0 Å². The molecule has 1 aliphatic rings. The van der Waals surface area contributed by atoms with Crippen molar-refractivity contribution in [1.82, 2.24) is 10.2 Å². The molecule has 1 heterocycles. The Morgan fingerprint density at radius 2 is 2.33 bits per heavy atom. The standard InChI is InChI=1S/C13H26N2/c1-3-9-15(10-4-2)11-7-13-6-5-8-14-12-13/h3,13-14H,1,4-12H2,2H3. The Morgan fingerprint density at radius 1 is 1.47 bits per heavy atom. The lowest BCUT2D eigenvalue weighted by molar-refractivity contribution is 0.255. The molecule has 1 unspecified atom stereocenters. The third kappa shape index (κ3) is 5.33. The highest BCUT2D eigenvalue weighted by molar-refractivity contribution is 4.75. The minimum absolute atomic E-state index is 0.905. The molecule has 1 rings (SSSR count). The van der Waals surface area contributed by atoms with Crippen LogP contribution >= 0.6 is 0 Å². The van der Waals surface area contributed by atoms with Crippen LogP contribution in [0.2, 0.25) is 0 Å². The van der Waals surface area contributed by atoms with E-state index in [9.17, 15) is 0 Å². The molecule has 0 bridgehead atoms. The van der Waals surface area contributed by atoms with Gasteiger partial charge in [-0.3, -0.25) is 4.90 Å². The summed E-state index contributed by atoms with van der Waals surface area (Å²) in [6.07, 6.45) is 7.40. The van der Waals surface area contributed by atoms with Crippen LogP contribution < -0.4 is 5.32 Å². The highest BCUT2D eigenvalue weighted by Gasteiger charge is 2.13. The number of nitrogens with zero attached hydrogens (tertiary/aromatic N) is 1. The van der Waals surface area contributed by atoms with Gasteiger partial charge in [0.1, 0.15) is 0 Å². The number of rotatable bonds is 7. The van der Waals surface area contributed by atoms with Crippen molar-refractivity contribution in [3.8, 4) is 0 Å². The molecule has 2 heteroatoms. The van der Waals surface area contributed by atoms with Crippen LogP contribution in [0.15, 0.2) is 12.7 Å². The van der Waals surface area contributed by atoms with Crippen molar-refractivity contribution in [2.45, 2.75) is 32.6 Å². The molecule has 1 aliphatic heterocycles. The minimum atomic E-state index is 0.905. The topological polar surface area (TPSA) is 15.3 Å². The summed E-state index contributed by atoms with van der Waals surface area (Å²) in [5.41, 5.74) is 0. The lowest BCUT2D eigenvalue weighted by Gasteiger charge is -2.26. The molecule has 1 saturated heterocycles. The van der Waals surface area contributed by atoms with Gasteiger partial charge in [-0.25, -0.2) is 0 Å². The van der Waals surface area contributed by atoms with Gasteiger partial charge in [0.15, 0.2) is 0 Å². The fourth-order valence-electron chi connectivity index (χ4n) is 2.33. The second-order valence-corrected chi connectivity index (χ2v) is 4.59.